The van der Waals surface area contributed by atoms with E-state index in [1.807, 2.05) is 0 Å². The Morgan fingerprint density at radius 3 is 2.47 bits per heavy atom. The molecule has 1 aliphatic carbocycles. The number of carbonyl (C=O) groups excluding carboxylic acids is 1. The highest BCUT2D eigenvalue weighted by molar-refractivity contribution is 5.94. The molecule has 0 bridgehead atoms. The molecule has 1 aromatic rings. The van der Waals surface area contributed by atoms with Crippen LogP contribution < -0.4 is 5.73 Å². The van der Waals surface area contributed by atoms with Crippen molar-refractivity contribution in [2.75, 3.05) is 20.1 Å². The molecule has 2 rings (SSSR count). The summed E-state index contributed by atoms with van der Waals surface area (Å²) in [5.41, 5.74) is 6.33. The molecule has 0 saturated heterocycles. The second-order valence-corrected chi connectivity index (χ2v) is 4.87. The van der Waals surface area contributed by atoms with E-state index < -0.39 is 0 Å². The van der Waals surface area contributed by atoms with Gasteiger partial charge in [-0.25, -0.2) is 4.39 Å². The summed E-state index contributed by atoms with van der Waals surface area (Å²) >= 11 is 0. The summed E-state index contributed by atoms with van der Waals surface area (Å²) in [5.74, 6) is -0.408. The van der Waals surface area contributed by atoms with E-state index in [0.717, 1.165) is 12.8 Å². The van der Waals surface area contributed by atoms with Crippen molar-refractivity contribution in [2.45, 2.75) is 12.8 Å². The van der Waals surface area contributed by atoms with Gasteiger partial charge in [-0.05, 0) is 43.7 Å². The number of rotatable bonds is 4. The Labute approximate surface area is 100 Å². The third kappa shape index (κ3) is 2.64. The van der Waals surface area contributed by atoms with Gasteiger partial charge in [0.2, 0.25) is 0 Å². The molecule has 17 heavy (non-hydrogen) atoms. The Morgan fingerprint density at radius 1 is 1.41 bits per heavy atom. The quantitative estimate of drug-likeness (QED) is 0.863. The first-order valence-corrected chi connectivity index (χ1v) is 5.77. The Kier molecular flexibility index (Phi) is 3.15. The lowest BCUT2D eigenvalue weighted by Crippen LogP contribution is -2.35. The van der Waals surface area contributed by atoms with Crippen LogP contribution in [0, 0.1) is 11.2 Å². The van der Waals surface area contributed by atoms with Crippen molar-refractivity contribution in [3.63, 3.8) is 0 Å². The van der Waals surface area contributed by atoms with Crippen molar-refractivity contribution in [1.82, 2.24) is 4.90 Å². The van der Waals surface area contributed by atoms with Gasteiger partial charge in [0.15, 0.2) is 0 Å². The van der Waals surface area contributed by atoms with Crippen LogP contribution in [0.25, 0.3) is 0 Å². The van der Waals surface area contributed by atoms with Gasteiger partial charge in [-0.15, -0.1) is 0 Å². The van der Waals surface area contributed by atoms with Gasteiger partial charge in [-0.2, -0.15) is 0 Å². The van der Waals surface area contributed by atoms with E-state index in [1.54, 1.807) is 11.9 Å². The van der Waals surface area contributed by atoms with Crippen LogP contribution in [0.1, 0.15) is 23.2 Å². The van der Waals surface area contributed by atoms with Crippen molar-refractivity contribution in [2.24, 2.45) is 11.1 Å². The van der Waals surface area contributed by atoms with Crippen molar-refractivity contribution in [1.29, 1.82) is 0 Å². The molecular formula is C13H17FN2O. The molecule has 3 nitrogen and oxygen atoms in total. The van der Waals surface area contributed by atoms with Gasteiger partial charge in [0, 0.05) is 24.6 Å². The summed E-state index contributed by atoms with van der Waals surface area (Å²) in [4.78, 5) is 13.7. The number of nitrogens with two attached hydrogens (primary N) is 1. The van der Waals surface area contributed by atoms with Crippen LogP contribution in [0.4, 0.5) is 4.39 Å². The Hall–Kier alpha value is -1.42. The smallest absolute Gasteiger partial charge is 0.253 e. The van der Waals surface area contributed by atoms with Gasteiger partial charge in [-0.1, -0.05) is 0 Å². The topological polar surface area (TPSA) is 46.3 Å². The lowest BCUT2D eigenvalue weighted by atomic mass is 10.1. The number of nitrogens with zero attached hydrogens (tertiary/aromatic N) is 1. The molecule has 1 aliphatic rings. The second-order valence-electron chi connectivity index (χ2n) is 4.87. The fourth-order valence-electron chi connectivity index (χ4n) is 1.99. The van der Waals surface area contributed by atoms with Crippen LogP contribution in [0.3, 0.4) is 0 Å². The second kappa shape index (κ2) is 4.45. The molecule has 0 atom stereocenters. The van der Waals surface area contributed by atoms with Crippen molar-refractivity contribution in [3.05, 3.63) is 35.6 Å². The van der Waals surface area contributed by atoms with Crippen LogP contribution in [-0.4, -0.2) is 30.9 Å². The van der Waals surface area contributed by atoms with Gasteiger partial charge < -0.3 is 10.6 Å². The Morgan fingerprint density at radius 2 is 2.00 bits per heavy atom. The zero-order valence-corrected chi connectivity index (χ0v) is 9.95. The highest BCUT2D eigenvalue weighted by Gasteiger charge is 2.42. The average molecular weight is 236 g/mol. The number of benzene rings is 1. The lowest BCUT2D eigenvalue weighted by molar-refractivity contribution is 0.0766. The highest BCUT2D eigenvalue weighted by atomic mass is 19.1. The number of carbonyl (C=O) groups is 1. The van der Waals surface area contributed by atoms with Crippen molar-refractivity contribution in [3.8, 4) is 0 Å². The zero-order valence-electron chi connectivity index (χ0n) is 9.95. The Balaban J connectivity index is 2.02. The molecule has 0 heterocycles. The summed E-state index contributed by atoms with van der Waals surface area (Å²) in [5, 5.41) is 0. The molecule has 0 radical (unpaired) electrons. The lowest BCUT2D eigenvalue weighted by Gasteiger charge is -2.22. The predicted octanol–water partition coefficient (Wildman–Crippen LogP) is 1.64. The van der Waals surface area contributed by atoms with Crippen LogP contribution >= 0.6 is 0 Å². The Bertz CT molecular complexity index is 412. The maximum absolute atomic E-state index is 12.7. The summed E-state index contributed by atoms with van der Waals surface area (Å²) in [6, 6.07) is 5.63. The zero-order chi connectivity index (χ0) is 12.5. The minimum absolute atomic E-state index is 0.0790. The maximum atomic E-state index is 12.7. The fraction of sp³-hybridized carbons (Fsp3) is 0.462. The van der Waals surface area contributed by atoms with E-state index in [4.69, 9.17) is 5.73 Å². The first kappa shape index (κ1) is 12.0. The van der Waals surface area contributed by atoms with E-state index in [9.17, 15) is 9.18 Å². The maximum Gasteiger partial charge on any atom is 0.253 e. The number of halogens is 1. The molecule has 2 N–H and O–H groups in total. The fourth-order valence-corrected chi connectivity index (χ4v) is 1.99. The van der Waals surface area contributed by atoms with Crippen LogP contribution in [0.15, 0.2) is 24.3 Å². The molecule has 92 valence electrons. The monoisotopic (exact) mass is 236 g/mol. The van der Waals surface area contributed by atoms with E-state index >= 15 is 0 Å². The van der Waals surface area contributed by atoms with E-state index in [1.165, 1.54) is 24.3 Å². The number of hydrogen-bond donors (Lipinski definition) is 1. The van der Waals surface area contributed by atoms with Crippen molar-refractivity contribution >= 4 is 5.91 Å². The number of amides is 1. The van der Waals surface area contributed by atoms with Crippen molar-refractivity contribution < 1.29 is 9.18 Å². The molecule has 1 amide bonds. The van der Waals surface area contributed by atoms with Gasteiger partial charge in [0.1, 0.15) is 5.82 Å². The first-order valence-electron chi connectivity index (χ1n) is 5.77. The van der Waals surface area contributed by atoms with Gasteiger partial charge in [0.05, 0.1) is 0 Å². The van der Waals surface area contributed by atoms with Crippen LogP contribution in [0.2, 0.25) is 0 Å². The summed E-state index contributed by atoms with van der Waals surface area (Å²) < 4.78 is 12.7. The SMILES string of the molecule is CN(CC1(CN)CC1)C(=O)c1ccc(F)cc1. The van der Waals surface area contributed by atoms with Gasteiger partial charge in [-0.3, -0.25) is 4.79 Å². The first-order chi connectivity index (χ1) is 8.06. The van der Waals surface area contributed by atoms with Crippen LogP contribution in [0.5, 0.6) is 0 Å². The molecule has 1 saturated carbocycles. The predicted molar refractivity (Wildman–Crippen MR) is 64.1 cm³/mol. The molecule has 4 heteroatoms. The molecular weight excluding hydrogens is 219 g/mol. The molecule has 0 spiro atoms. The number of hydrogen-bond acceptors (Lipinski definition) is 2. The standard InChI is InChI=1S/C13H17FN2O/c1-16(9-13(8-15)6-7-13)12(17)10-2-4-11(14)5-3-10/h2-5H,6-9,15H2,1H3. The summed E-state index contributed by atoms with van der Waals surface area (Å²) in [6.45, 7) is 1.30. The molecule has 1 aromatic carbocycles. The molecule has 0 aromatic heterocycles. The van der Waals surface area contributed by atoms with Crippen LogP contribution in [-0.2, 0) is 0 Å². The molecule has 1 fully saturated rings. The van der Waals surface area contributed by atoms with Gasteiger partial charge >= 0.3 is 0 Å². The third-order valence-electron chi connectivity index (χ3n) is 3.40. The molecule has 0 aliphatic heterocycles. The minimum Gasteiger partial charge on any atom is -0.341 e. The highest BCUT2D eigenvalue weighted by Crippen LogP contribution is 2.44. The summed E-state index contributed by atoms with van der Waals surface area (Å²) in [7, 11) is 1.77. The molecule has 0 unspecified atom stereocenters. The minimum atomic E-state index is -0.329. The normalized spacial score (nSPS) is 16.6. The average Bonchev–Trinajstić information content (AvgIpc) is 3.09. The van der Waals surface area contributed by atoms with E-state index in [0.29, 0.717) is 18.7 Å². The van der Waals surface area contributed by atoms with E-state index in [-0.39, 0.29) is 17.1 Å². The van der Waals surface area contributed by atoms with Gasteiger partial charge in [0.25, 0.3) is 5.91 Å². The van der Waals surface area contributed by atoms with E-state index in [2.05, 4.69) is 0 Å². The largest absolute Gasteiger partial charge is 0.341 e. The summed E-state index contributed by atoms with van der Waals surface area (Å²) in [6.07, 6.45) is 2.18. The third-order valence-corrected chi connectivity index (χ3v) is 3.40.